The molecule has 6 nitrogen and oxygen atoms in total. The van der Waals surface area contributed by atoms with Crippen LogP contribution in [0.15, 0.2) is 10.9 Å². The van der Waals surface area contributed by atoms with E-state index in [9.17, 15) is 14.4 Å². The number of primary amides is 1. The van der Waals surface area contributed by atoms with E-state index in [1.165, 1.54) is 6.07 Å². The average Bonchev–Trinajstić information content (AvgIpc) is 2.67. The molecule has 0 radical (unpaired) electrons. The van der Waals surface area contributed by atoms with Gasteiger partial charge in [0.05, 0.1) is 5.54 Å². The van der Waals surface area contributed by atoms with Crippen molar-refractivity contribution < 1.29 is 9.59 Å². The van der Waals surface area contributed by atoms with E-state index >= 15 is 0 Å². The number of carbonyl (C=O) groups is 2. The number of carbonyl (C=O) groups excluding carboxylic acids is 2. The van der Waals surface area contributed by atoms with Gasteiger partial charge >= 0.3 is 0 Å². The molecule has 0 saturated carbocycles. The van der Waals surface area contributed by atoms with Crippen molar-refractivity contribution >= 4 is 11.8 Å². The average molecular weight is 287 g/mol. The molecular weight excluding hydrogens is 270 g/mol. The maximum atomic E-state index is 12.6. The Labute approximate surface area is 121 Å². The minimum Gasteiger partial charge on any atom is -0.365 e. The zero-order valence-corrected chi connectivity index (χ0v) is 11.7. The normalized spacial score (nSPS) is 26.5. The van der Waals surface area contributed by atoms with Crippen LogP contribution < -0.4 is 11.2 Å². The van der Waals surface area contributed by atoms with Gasteiger partial charge in [-0.15, -0.1) is 0 Å². The monoisotopic (exact) mass is 287 g/mol. The molecule has 3 aliphatic rings. The summed E-state index contributed by atoms with van der Waals surface area (Å²) < 4.78 is 1.97. The largest absolute Gasteiger partial charge is 0.365 e. The van der Waals surface area contributed by atoms with E-state index in [0.29, 0.717) is 24.4 Å². The summed E-state index contributed by atoms with van der Waals surface area (Å²) in [6.07, 6.45) is 4.54. The summed E-state index contributed by atoms with van der Waals surface area (Å²) >= 11 is 0. The predicted molar refractivity (Wildman–Crippen MR) is 75.3 cm³/mol. The third kappa shape index (κ3) is 1.50. The van der Waals surface area contributed by atoms with Gasteiger partial charge in [0.2, 0.25) is 0 Å². The molecule has 0 aromatic carbocycles. The Hall–Kier alpha value is -2.11. The maximum Gasteiger partial charge on any atom is 0.270 e. The van der Waals surface area contributed by atoms with Gasteiger partial charge in [0.25, 0.3) is 11.8 Å². The molecule has 1 saturated heterocycles. The van der Waals surface area contributed by atoms with Gasteiger partial charge in [-0.3, -0.25) is 14.4 Å². The van der Waals surface area contributed by atoms with Gasteiger partial charge in [-0.1, -0.05) is 0 Å². The van der Waals surface area contributed by atoms with Crippen molar-refractivity contribution in [2.45, 2.75) is 37.6 Å². The van der Waals surface area contributed by atoms with Gasteiger partial charge in [-0.05, 0) is 32.1 Å². The molecule has 4 rings (SSSR count). The molecule has 21 heavy (non-hydrogen) atoms. The molecule has 4 heterocycles. The minimum absolute atomic E-state index is 0.0705. The van der Waals surface area contributed by atoms with Crippen molar-refractivity contribution in [1.82, 2.24) is 9.47 Å². The van der Waals surface area contributed by atoms with E-state index in [0.717, 1.165) is 32.2 Å². The standard InChI is InChI=1S/C15H17N3O3/c16-13(20)12-9-3-5-15-4-1-2-6-17(8-15)14(21)10(18(9)15)7-11(12)19/h7H,1-6,8H2,(H2,16,20). The quantitative estimate of drug-likeness (QED) is 0.802. The minimum atomic E-state index is -0.689. The van der Waals surface area contributed by atoms with Crippen LogP contribution in [0.2, 0.25) is 0 Å². The van der Waals surface area contributed by atoms with E-state index in [4.69, 9.17) is 5.73 Å². The van der Waals surface area contributed by atoms with Crippen LogP contribution >= 0.6 is 0 Å². The number of fused-ring (bicyclic) bond motifs is 1. The first-order chi connectivity index (χ1) is 10.0. The van der Waals surface area contributed by atoms with Crippen LogP contribution in [0, 0.1) is 0 Å². The third-order valence-corrected chi connectivity index (χ3v) is 5.17. The zero-order valence-electron chi connectivity index (χ0n) is 11.7. The first kappa shape index (κ1) is 12.6. The molecule has 110 valence electrons. The van der Waals surface area contributed by atoms with Gasteiger partial charge in [-0.25, -0.2) is 0 Å². The molecule has 2 bridgehead atoms. The van der Waals surface area contributed by atoms with E-state index in [-0.39, 0.29) is 17.0 Å². The summed E-state index contributed by atoms with van der Waals surface area (Å²) in [6, 6.07) is 1.31. The number of hydrogen-bond acceptors (Lipinski definition) is 3. The number of rotatable bonds is 1. The molecule has 2 amide bonds. The second-order valence-electron chi connectivity index (χ2n) is 6.32. The number of nitrogens with zero attached hydrogens (tertiary/aromatic N) is 2. The smallest absolute Gasteiger partial charge is 0.270 e. The lowest BCUT2D eigenvalue weighted by Gasteiger charge is -2.41. The summed E-state index contributed by atoms with van der Waals surface area (Å²) in [5, 5.41) is 0. The molecular formula is C15H17N3O3. The van der Waals surface area contributed by atoms with Crippen LogP contribution in [0.1, 0.15) is 52.2 Å². The first-order valence-electron chi connectivity index (χ1n) is 7.42. The molecule has 1 spiro atoms. The van der Waals surface area contributed by atoms with Crippen molar-refractivity contribution in [3.8, 4) is 0 Å². The van der Waals surface area contributed by atoms with Crippen LogP contribution in [0.4, 0.5) is 0 Å². The molecule has 0 aliphatic carbocycles. The van der Waals surface area contributed by atoms with Gasteiger partial charge in [0.1, 0.15) is 11.3 Å². The van der Waals surface area contributed by atoms with Gasteiger partial charge < -0.3 is 15.2 Å². The molecule has 1 fully saturated rings. The molecule has 1 unspecified atom stereocenters. The highest BCUT2D eigenvalue weighted by molar-refractivity contribution is 5.97. The Morgan fingerprint density at radius 1 is 1.24 bits per heavy atom. The Bertz CT molecular complexity index is 736. The van der Waals surface area contributed by atoms with Crippen LogP contribution in [0.5, 0.6) is 0 Å². The van der Waals surface area contributed by atoms with Gasteiger partial charge in [-0.2, -0.15) is 0 Å². The number of amides is 2. The molecule has 6 heteroatoms. The Kier molecular flexibility index (Phi) is 2.38. The lowest BCUT2D eigenvalue weighted by Crippen LogP contribution is -2.52. The number of aromatic nitrogens is 1. The number of pyridine rings is 1. The molecule has 3 aliphatic heterocycles. The fraction of sp³-hybridized carbons (Fsp3) is 0.533. The lowest BCUT2D eigenvalue weighted by molar-refractivity contribution is 0.0592. The summed E-state index contributed by atoms with van der Waals surface area (Å²) in [5.41, 5.74) is 5.99. The summed E-state index contributed by atoms with van der Waals surface area (Å²) in [4.78, 5) is 38.3. The van der Waals surface area contributed by atoms with Crippen molar-refractivity contribution in [1.29, 1.82) is 0 Å². The second-order valence-corrected chi connectivity index (χ2v) is 6.32. The van der Waals surface area contributed by atoms with Crippen molar-refractivity contribution in [2.24, 2.45) is 5.73 Å². The highest BCUT2D eigenvalue weighted by atomic mass is 16.2. The van der Waals surface area contributed by atoms with Crippen LogP contribution in [0.25, 0.3) is 0 Å². The summed E-state index contributed by atoms with van der Waals surface area (Å²) in [5.74, 6) is -0.783. The van der Waals surface area contributed by atoms with Gasteiger partial charge in [0, 0.05) is 24.8 Å². The lowest BCUT2D eigenvalue weighted by atomic mass is 9.89. The zero-order chi connectivity index (χ0) is 14.8. The van der Waals surface area contributed by atoms with E-state index in [2.05, 4.69) is 0 Å². The SMILES string of the molecule is NC(=O)c1c2n3c(cc1=O)C(=O)N1CCCCC3(CC2)C1. The number of nitrogens with two attached hydrogens (primary N) is 1. The van der Waals surface area contributed by atoms with Crippen molar-refractivity contribution in [3.63, 3.8) is 0 Å². The van der Waals surface area contributed by atoms with Crippen molar-refractivity contribution in [2.75, 3.05) is 13.1 Å². The highest BCUT2D eigenvalue weighted by Crippen LogP contribution is 2.43. The molecule has 1 atom stereocenters. The Morgan fingerprint density at radius 2 is 2.05 bits per heavy atom. The first-order valence-corrected chi connectivity index (χ1v) is 7.42. The van der Waals surface area contributed by atoms with E-state index < -0.39 is 11.3 Å². The van der Waals surface area contributed by atoms with Crippen LogP contribution in [-0.2, 0) is 12.0 Å². The third-order valence-electron chi connectivity index (χ3n) is 5.17. The predicted octanol–water partition coefficient (Wildman–Crippen LogP) is 0.228. The van der Waals surface area contributed by atoms with E-state index in [1.54, 1.807) is 0 Å². The second kappa shape index (κ2) is 3.96. The summed E-state index contributed by atoms with van der Waals surface area (Å²) in [7, 11) is 0. The molecule has 1 aromatic heterocycles. The topological polar surface area (TPSA) is 85.4 Å². The fourth-order valence-electron chi connectivity index (χ4n) is 4.31. The Balaban J connectivity index is 2.06. The maximum absolute atomic E-state index is 12.6. The van der Waals surface area contributed by atoms with Crippen LogP contribution in [0.3, 0.4) is 0 Å². The van der Waals surface area contributed by atoms with Crippen LogP contribution in [-0.4, -0.2) is 34.4 Å². The van der Waals surface area contributed by atoms with E-state index in [1.807, 2.05) is 9.47 Å². The Morgan fingerprint density at radius 3 is 2.81 bits per heavy atom. The fourth-order valence-corrected chi connectivity index (χ4v) is 4.31. The number of hydrogen-bond donors (Lipinski definition) is 1. The summed E-state index contributed by atoms with van der Waals surface area (Å²) in [6.45, 7) is 1.44. The highest BCUT2D eigenvalue weighted by Gasteiger charge is 2.48. The molecule has 2 N–H and O–H groups in total. The van der Waals surface area contributed by atoms with Crippen molar-refractivity contribution in [3.05, 3.63) is 33.2 Å². The molecule has 1 aromatic rings. The van der Waals surface area contributed by atoms with Gasteiger partial charge in [0.15, 0.2) is 5.43 Å².